The van der Waals surface area contributed by atoms with Gasteiger partial charge in [-0.05, 0) is 52.3 Å². The van der Waals surface area contributed by atoms with Crippen LogP contribution in [0.15, 0.2) is 46.9 Å². The van der Waals surface area contributed by atoms with Crippen molar-refractivity contribution in [1.82, 2.24) is 24.9 Å². The summed E-state index contributed by atoms with van der Waals surface area (Å²) in [5.74, 6) is 3.32. The third kappa shape index (κ3) is 3.81. The highest BCUT2D eigenvalue weighted by Crippen LogP contribution is 2.29. The highest BCUT2D eigenvalue weighted by molar-refractivity contribution is 9.10. The second kappa shape index (κ2) is 8.35. The van der Waals surface area contributed by atoms with Crippen molar-refractivity contribution >= 4 is 56.1 Å². The number of nitrogens with one attached hydrogen (secondary N) is 2. The summed E-state index contributed by atoms with van der Waals surface area (Å²) in [5, 5.41) is 11.8. The summed E-state index contributed by atoms with van der Waals surface area (Å²) in [6.45, 7) is 0.665. The van der Waals surface area contributed by atoms with E-state index in [1.807, 2.05) is 42.5 Å². The average Bonchev–Trinajstić information content (AvgIpc) is 3.15. The van der Waals surface area contributed by atoms with Gasteiger partial charge < -0.3 is 15.4 Å². The van der Waals surface area contributed by atoms with Crippen molar-refractivity contribution in [2.24, 2.45) is 0 Å². The third-order valence-electron chi connectivity index (χ3n) is 5.05. The molecule has 0 bridgehead atoms. The Morgan fingerprint density at radius 3 is 2.87 bits per heavy atom. The van der Waals surface area contributed by atoms with E-state index in [0.29, 0.717) is 29.7 Å². The van der Waals surface area contributed by atoms with Crippen LogP contribution in [-0.4, -0.2) is 56.7 Å². The zero-order chi connectivity index (χ0) is 21.4. The van der Waals surface area contributed by atoms with Gasteiger partial charge in [-0.3, -0.25) is 4.79 Å². The lowest BCUT2D eigenvalue weighted by atomic mass is 10.2. The molecule has 0 aliphatic carbocycles. The standard InChI is InChI=1S/C21H19BrN6O2S/c1-30-13-7-5-12(6-8-13)18-26-19-14-3-2-4-15(22)17(14)25-21(28(19)27-18)24-16-11-31-10-9-23-20(16)29/h2-8,16H,9-11H2,1H3,(H,23,29)(H,24,25)/t16-/m1/s1. The predicted molar refractivity (Wildman–Crippen MR) is 126 cm³/mol. The van der Waals surface area contributed by atoms with Gasteiger partial charge in [-0.1, -0.05) is 6.07 Å². The van der Waals surface area contributed by atoms with E-state index in [0.717, 1.165) is 32.4 Å². The number of fused-ring (bicyclic) bond motifs is 3. The van der Waals surface area contributed by atoms with Crippen LogP contribution in [0.1, 0.15) is 0 Å². The first-order chi connectivity index (χ1) is 15.1. The summed E-state index contributed by atoms with van der Waals surface area (Å²) >= 11 is 5.31. The number of aromatic nitrogens is 4. The lowest BCUT2D eigenvalue weighted by Crippen LogP contribution is -2.40. The molecule has 1 saturated heterocycles. The molecule has 3 heterocycles. The number of benzene rings is 2. The van der Waals surface area contributed by atoms with Crippen molar-refractivity contribution in [1.29, 1.82) is 0 Å². The number of carbonyl (C=O) groups excluding carboxylic acids is 1. The van der Waals surface area contributed by atoms with Gasteiger partial charge in [0.05, 0.1) is 12.6 Å². The summed E-state index contributed by atoms with van der Waals surface area (Å²) in [4.78, 5) is 22.1. The van der Waals surface area contributed by atoms with E-state index >= 15 is 0 Å². The molecular formula is C21H19BrN6O2S. The first-order valence-electron chi connectivity index (χ1n) is 9.75. The minimum atomic E-state index is -0.406. The first kappa shape index (κ1) is 20.1. The van der Waals surface area contributed by atoms with Crippen LogP contribution in [0.3, 0.4) is 0 Å². The molecule has 0 spiro atoms. The number of amides is 1. The summed E-state index contributed by atoms with van der Waals surface area (Å²) in [5.41, 5.74) is 2.29. The summed E-state index contributed by atoms with van der Waals surface area (Å²) in [7, 11) is 1.63. The topological polar surface area (TPSA) is 93.4 Å². The number of methoxy groups -OCH3 is 1. The van der Waals surface area contributed by atoms with Crippen molar-refractivity contribution in [2.75, 3.05) is 30.5 Å². The summed E-state index contributed by atoms with van der Waals surface area (Å²) < 4.78 is 7.78. The Hall–Kier alpha value is -2.85. The van der Waals surface area contributed by atoms with Gasteiger partial charge in [0.15, 0.2) is 11.5 Å². The number of thioether (sulfide) groups is 1. The van der Waals surface area contributed by atoms with E-state index in [-0.39, 0.29) is 5.91 Å². The molecule has 1 aliphatic rings. The maximum atomic E-state index is 12.5. The van der Waals surface area contributed by atoms with Gasteiger partial charge in [-0.25, -0.2) is 9.97 Å². The van der Waals surface area contributed by atoms with Gasteiger partial charge in [0.25, 0.3) is 0 Å². The van der Waals surface area contributed by atoms with Crippen LogP contribution in [0.25, 0.3) is 27.9 Å². The number of nitrogens with zero attached hydrogens (tertiary/aromatic N) is 4. The predicted octanol–water partition coefficient (Wildman–Crippen LogP) is 3.36. The minimum absolute atomic E-state index is 0.0392. The van der Waals surface area contributed by atoms with Crippen molar-refractivity contribution in [2.45, 2.75) is 6.04 Å². The summed E-state index contributed by atoms with van der Waals surface area (Å²) in [6, 6.07) is 13.0. The van der Waals surface area contributed by atoms with E-state index in [2.05, 4.69) is 26.6 Å². The van der Waals surface area contributed by atoms with Gasteiger partial charge in [-0.15, -0.1) is 5.10 Å². The molecule has 0 radical (unpaired) electrons. The highest BCUT2D eigenvalue weighted by atomic mass is 79.9. The van der Waals surface area contributed by atoms with Gasteiger partial charge in [-0.2, -0.15) is 16.3 Å². The van der Waals surface area contributed by atoms with Crippen LogP contribution in [-0.2, 0) is 4.79 Å². The molecule has 1 aliphatic heterocycles. The van der Waals surface area contributed by atoms with Gasteiger partial charge in [0, 0.05) is 33.5 Å². The Morgan fingerprint density at radius 1 is 1.23 bits per heavy atom. The molecular weight excluding hydrogens is 480 g/mol. The summed E-state index contributed by atoms with van der Waals surface area (Å²) in [6.07, 6.45) is 0. The number of hydrogen-bond donors (Lipinski definition) is 2. The smallest absolute Gasteiger partial charge is 0.243 e. The Kier molecular flexibility index (Phi) is 5.41. The molecule has 158 valence electrons. The lowest BCUT2D eigenvalue weighted by molar-refractivity contribution is -0.121. The normalized spacial score (nSPS) is 16.8. The Balaban J connectivity index is 1.66. The fourth-order valence-electron chi connectivity index (χ4n) is 3.46. The number of anilines is 1. The largest absolute Gasteiger partial charge is 0.497 e. The molecule has 8 nitrogen and oxygen atoms in total. The number of halogens is 1. The molecule has 1 atom stereocenters. The molecule has 0 unspecified atom stereocenters. The van der Waals surface area contributed by atoms with E-state index < -0.39 is 6.04 Å². The molecule has 31 heavy (non-hydrogen) atoms. The van der Waals surface area contributed by atoms with E-state index in [1.165, 1.54) is 0 Å². The molecule has 10 heteroatoms. The Labute approximate surface area is 190 Å². The molecule has 4 aromatic rings. The second-order valence-electron chi connectivity index (χ2n) is 7.03. The zero-order valence-electron chi connectivity index (χ0n) is 16.6. The van der Waals surface area contributed by atoms with Crippen LogP contribution in [0, 0.1) is 0 Å². The molecule has 2 N–H and O–H groups in total. The van der Waals surface area contributed by atoms with Crippen molar-refractivity contribution in [3.8, 4) is 17.1 Å². The number of hydrogen-bond acceptors (Lipinski definition) is 7. The molecule has 0 saturated carbocycles. The molecule has 1 fully saturated rings. The van der Waals surface area contributed by atoms with E-state index in [9.17, 15) is 4.79 Å². The number of ether oxygens (including phenoxy) is 1. The van der Waals surface area contributed by atoms with Gasteiger partial charge in [0.2, 0.25) is 11.9 Å². The van der Waals surface area contributed by atoms with Crippen LogP contribution in [0.5, 0.6) is 5.75 Å². The van der Waals surface area contributed by atoms with Crippen molar-refractivity contribution in [3.05, 3.63) is 46.9 Å². The van der Waals surface area contributed by atoms with Crippen LogP contribution in [0.4, 0.5) is 5.95 Å². The monoisotopic (exact) mass is 498 g/mol. The molecule has 2 aromatic heterocycles. The fraction of sp³-hybridized carbons (Fsp3) is 0.238. The molecule has 1 amide bonds. The van der Waals surface area contributed by atoms with E-state index in [4.69, 9.17) is 19.8 Å². The maximum absolute atomic E-state index is 12.5. The third-order valence-corrected chi connectivity index (χ3v) is 6.75. The molecule has 5 rings (SSSR count). The maximum Gasteiger partial charge on any atom is 0.243 e. The number of carbonyl (C=O) groups is 1. The Bertz CT molecular complexity index is 1280. The molecule has 2 aromatic carbocycles. The zero-order valence-corrected chi connectivity index (χ0v) is 19.0. The lowest BCUT2D eigenvalue weighted by Gasteiger charge is -2.16. The highest BCUT2D eigenvalue weighted by Gasteiger charge is 2.24. The van der Waals surface area contributed by atoms with Crippen LogP contribution < -0.4 is 15.4 Å². The Morgan fingerprint density at radius 2 is 2.06 bits per heavy atom. The average molecular weight is 499 g/mol. The van der Waals surface area contributed by atoms with Crippen LogP contribution in [0.2, 0.25) is 0 Å². The number of rotatable bonds is 4. The fourth-order valence-corrected chi connectivity index (χ4v) is 4.80. The minimum Gasteiger partial charge on any atom is -0.497 e. The SMILES string of the molecule is COc1ccc(-c2nc3c4cccc(Br)c4nc(N[C@@H]4CSCCNC4=O)n3n2)cc1. The van der Waals surface area contributed by atoms with Crippen molar-refractivity contribution < 1.29 is 9.53 Å². The van der Waals surface area contributed by atoms with Crippen molar-refractivity contribution in [3.63, 3.8) is 0 Å². The van der Waals surface area contributed by atoms with Crippen LogP contribution >= 0.6 is 27.7 Å². The van der Waals surface area contributed by atoms with Gasteiger partial charge in [0.1, 0.15) is 11.8 Å². The second-order valence-corrected chi connectivity index (χ2v) is 9.04. The number of para-hydroxylation sites is 1. The van der Waals surface area contributed by atoms with E-state index in [1.54, 1.807) is 23.4 Å². The first-order valence-corrected chi connectivity index (χ1v) is 11.7. The quantitative estimate of drug-likeness (QED) is 0.445. The van der Waals surface area contributed by atoms with Gasteiger partial charge >= 0.3 is 0 Å².